The molecule has 1 heterocycles. The lowest BCUT2D eigenvalue weighted by Crippen LogP contribution is -2.50. The zero-order valence-corrected chi connectivity index (χ0v) is 12.0. The molecule has 2 N–H and O–H groups in total. The van der Waals surface area contributed by atoms with Gasteiger partial charge in [-0.1, -0.05) is 36.8 Å². The first-order valence-corrected chi connectivity index (χ1v) is 7.83. The zero-order valence-electron chi connectivity index (χ0n) is 9.60. The maximum absolute atomic E-state index is 12.0. The van der Waals surface area contributed by atoms with Gasteiger partial charge in [-0.25, -0.2) is 18.1 Å². The molecule has 0 aliphatic heterocycles. The highest BCUT2D eigenvalue weighted by Crippen LogP contribution is 2.25. The maximum Gasteiger partial charge on any atom is 0.252 e. The van der Waals surface area contributed by atoms with Crippen molar-refractivity contribution in [3.63, 3.8) is 0 Å². The van der Waals surface area contributed by atoms with Gasteiger partial charge in [-0.3, -0.25) is 0 Å². The number of rotatable bonds is 6. The first-order valence-electron chi connectivity index (χ1n) is 5.15. The van der Waals surface area contributed by atoms with E-state index < -0.39 is 15.6 Å². The molecule has 0 atom stereocenters. The average molecular weight is 299 g/mol. The minimum atomic E-state index is -3.67. The Balaban J connectivity index is 3.00. The van der Waals surface area contributed by atoms with Crippen molar-refractivity contribution in [1.82, 2.24) is 9.71 Å². The molecule has 98 valence electrons. The number of halogens is 1. The summed E-state index contributed by atoms with van der Waals surface area (Å²) in [6.45, 7) is 3.40. The van der Waals surface area contributed by atoms with Gasteiger partial charge in [0.1, 0.15) is 0 Å². The number of aliphatic hydroxyl groups is 1. The minimum Gasteiger partial charge on any atom is -0.394 e. The predicted octanol–water partition coefficient (Wildman–Crippen LogP) is 1.63. The lowest BCUT2D eigenvalue weighted by Gasteiger charge is -2.29. The van der Waals surface area contributed by atoms with Gasteiger partial charge in [0.05, 0.1) is 18.3 Å². The summed E-state index contributed by atoms with van der Waals surface area (Å²) < 4.78 is 26.8. The van der Waals surface area contributed by atoms with Crippen molar-refractivity contribution >= 4 is 33.0 Å². The van der Waals surface area contributed by atoms with E-state index in [9.17, 15) is 13.5 Å². The van der Waals surface area contributed by atoms with Crippen molar-refractivity contribution in [3.05, 3.63) is 10.7 Å². The first kappa shape index (κ1) is 14.8. The van der Waals surface area contributed by atoms with Crippen LogP contribution in [0.1, 0.15) is 26.7 Å². The molecule has 0 radical (unpaired) electrons. The number of hydrogen-bond acceptors (Lipinski definition) is 5. The summed E-state index contributed by atoms with van der Waals surface area (Å²) in [5.74, 6) is 0. The number of aliphatic hydroxyl groups excluding tert-OH is 1. The van der Waals surface area contributed by atoms with Gasteiger partial charge in [-0.05, 0) is 12.8 Å². The fourth-order valence-corrected chi connectivity index (χ4v) is 4.18. The lowest BCUT2D eigenvalue weighted by molar-refractivity contribution is 0.172. The Morgan fingerprint density at radius 3 is 2.47 bits per heavy atom. The second-order valence-corrected chi connectivity index (χ2v) is 7.21. The summed E-state index contributed by atoms with van der Waals surface area (Å²) in [4.78, 5) is 3.69. The molecule has 0 bridgehead atoms. The zero-order chi connectivity index (χ0) is 13.1. The molecule has 0 aliphatic carbocycles. The Bertz CT molecular complexity index is 460. The number of thiazole rings is 1. The molecule has 1 aromatic heterocycles. The summed E-state index contributed by atoms with van der Waals surface area (Å²) in [5.41, 5.74) is -0.824. The Hall–Kier alpha value is -0.210. The molecular weight excluding hydrogens is 284 g/mol. The van der Waals surface area contributed by atoms with Crippen molar-refractivity contribution in [1.29, 1.82) is 0 Å². The van der Waals surface area contributed by atoms with E-state index in [1.807, 2.05) is 13.8 Å². The molecule has 0 aliphatic rings. The Morgan fingerprint density at radius 1 is 1.53 bits per heavy atom. The predicted molar refractivity (Wildman–Crippen MR) is 67.8 cm³/mol. The molecule has 0 aromatic carbocycles. The fourth-order valence-electron chi connectivity index (χ4n) is 1.35. The molecule has 17 heavy (non-hydrogen) atoms. The van der Waals surface area contributed by atoms with Gasteiger partial charge >= 0.3 is 0 Å². The van der Waals surface area contributed by atoms with E-state index in [1.54, 1.807) is 0 Å². The normalized spacial score (nSPS) is 12.9. The quantitative estimate of drug-likeness (QED) is 0.836. The van der Waals surface area contributed by atoms with Gasteiger partial charge in [-0.2, -0.15) is 0 Å². The molecule has 0 unspecified atom stereocenters. The van der Waals surface area contributed by atoms with Crippen molar-refractivity contribution in [2.45, 2.75) is 36.4 Å². The molecular formula is C9H15ClN2O3S2. The smallest absolute Gasteiger partial charge is 0.252 e. The topological polar surface area (TPSA) is 79.3 Å². The van der Waals surface area contributed by atoms with Crippen LogP contribution in [0.3, 0.4) is 0 Å². The molecule has 0 saturated carbocycles. The van der Waals surface area contributed by atoms with Crippen LogP contribution in [-0.2, 0) is 10.0 Å². The summed E-state index contributed by atoms with van der Waals surface area (Å²) in [6.07, 6.45) is 2.22. The number of nitrogens with zero attached hydrogens (tertiary/aromatic N) is 1. The Labute approximate surface area is 110 Å². The number of aromatic nitrogens is 1. The van der Waals surface area contributed by atoms with Gasteiger partial charge in [0, 0.05) is 0 Å². The second-order valence-electron chi connectivity index (χ2n) is 3.68. The van der Waals surface area contributed by atoms with E-state index >= 15 is 0 Å². The summed E-state index contributed by atoms with van der Waals surface area (Å²) in [5, 5.41) is 9.33. The van der Waals surface area contributed by atoms with E-state index in [1.165, 1.54) is 6.20 Å². The van der Waals surface area contributed by atoms with Crippen LogP contribution < -0.4 is 4.72 Å². The van der Waals surface area contributed by atoms with E-state index in [0.29, 0.717) is 12.8 Å². The number of hydrogen-bond donors (Lipinski definition) is 2. The average Bonchev–Trinajstić information content (AvgIpc) is 2.74. The molecule has 1 rings (SSSR count). The van der Waals surface area contributed by atoms with E-state index in [4.69, 9.17) is 11.6 Å². The van der Waals surface area contributed by atoms with Crippen molar-refractivity contribution in [2.75, 3.05) is 6.61 Å². The largest absolute Gasteiger partial charge is 0.394 e. The Morgan fingerprint density at radius 2 is 2.12 bits per heavy atom. The Kier molecular flexibility index (Phi) is 4.91. The highest BCUT2D eigenvalue weighted by molar-refractivity contribution is 7.91. The minimum absolute atomic E-state index is 0.0576. The fraction of sp³-hybridized carbons (Fsp3) is 0.667. The van der Waals surface area contributed by atoms with Gasteiger partial charge < -0.3 is 5.11 Å². The SMILES string of the molecule is CCC(CC)(CO)NS(=O)(=O)c1cnc(Cl)s1. The maximum atomic E-state index is 12.0. The van der Waals surface area contributed by atoms with Crippen LogP contribution in [0, 0.1) is 0 Å². The highest BCUT2D eigenvalue weighted by atomic mass is 35.5. The van der Waals surface area contributed by atoms with Gasteiger partial charge in [0.25, 0.3) is 10.0 Å². The third-order valence-electron chi connectivity index (χ3n) is 2.73. The van der Waals surface area contributed by atoms with Crippen LogP contribution in [0.15, 0.2) is 10.4 Å². The second kappa shape index (κ2) is 5.62. The van der Waals surface area contributed by atoms with Gasteiger partial charge in [0.2, 0.25) is 0 Å². The summed E-state index contributed by atoms with van der Waals surface area (Å²) >= 11 is 6.49. The number of nitrogens with one attached hydrogen (secondary N) is 1. The van der Waals surface area contributed by atoms with Crippen LogP contribution in [0.4, 0.5) is 0 Å². The van der Waals surface area contributed by atoms with Gasteiger partial charge in [0.15, 0.2) is 8.68 Å². The van der Waals surface area contributed by atoms with Crippen LogP contribution in [-0.4, -0.2) is 30.7 Å². The molecule has 0 fully saturated rings. The molecule has 5 nitrogen and oxygen atoms in total. The van der Waals surface area contributed by atoms with Crippen molar-refractivity contribution < 1.29 is 13.5 Å². The van der Waals surface area contributed by atoms with Crippen molar-refractivity contribution in [2.24, 2.45) is 0 Å². The highest BCUT2D eigenvalue weighted by Gasteiger charge is 2.32. The lowest BCUT2D eigenvalue weighted by atomic mass is 9.96. The van der Waals surface area contributed by atoms with E-state index in [-0.39, 0.29) is 15.3 Å². The molecule has 1 aromatic rings. The van der Waals surface area contributed by atoms with Crippen LogP contribution >= 0.6 is 22.9 Å². The van der Waals surface area contributed by atoms with Crippen LogP contribution in [0.2, 0.25) is 4.47 Å². The van der Waals surface area contributed by atoms with Crippen LogP contribution in [0.5, 0.6) is 0 Å². The molecule has 8 heteroatoms. The molecule has 0 spiro atoms. The first-order chi connectivity index (χ1) is 7.89. The monoisotopic (exact) mass is 298 g/mol. The molecule has 0 amide bonds. The standard InChI is InChI=1S/C9H15ClN2O3S2/c1-3-9(4-2,6-13)12-17(14,15)7-5-11-8(10)16-7/h5,12-13H,3-4,6H2,1-2H3. The summed E-state index contributed by atoms with van der Waals surface area (Å²) in [7, 11) is -3.67. The summed E-state index contributed by atoms with van der Waals surface area (Å²) in [6, 6.07) is 0. The third kappa shape index (κ3) is 3.38. The van der Waals surface area contributed by atoms with E-state index in [2.05, 4.69) is 9.71 Å². The van der Waals surface area contributed by atoms with Gasteiger partial charge in [-0.15, -0.1) is 0 Å². The van der Waals surface area contributed by atoms with Crippen LogP contribution in [0.25, 0.3) is 0 Å². The van der Waals surface area contributed by atoms with Crippen molar-refractivity contribution in [3.8, 4) is 0 Å². The molecule has 0 saturated heterocycles. The third-order valence-corrected chi connectivity index (χ3v) is 5.88. The van der Waals surface area contributed by atoms with E-state index in [0.717, 1.165) is 11.3 Å². The number of sulfonamides is 1.